The maximum atomic E-state index is 13.6. The number of nitrogens with zero attached hydrogens (tertiary/aromatic N) is 5. The van der Waals surface area contributed by atoms with Gasteiger partial charge in [0.15, 0.2) is 5.82 Å². The second-order valence-electron chi connectivity index (χ2n) is 8.81. The van der Waals surface area contributed by atoms with Crippen LogP contribution in [0, 0.1) is 5.82 Å². The van der Waals surface area contributed by atoms with Crippen molar-refractivity contribution in [2.24, 2.45) is 0 Å². The quantitative estimate of drug-likeness (QED) is 0.459. The molecule has 7 nitrogen and oxygen atoms in total. The number of aromatic nitrogens is 2. The number of benzene rings is 2. The normalized spacial score (nSPS) is 13.7. The molecule has 4 rings (SSSR count). The molecule has 0 bridgehead atoms. The van der Waals surface area contributed by atoms with Gasteiger partial charge in [-0.25, -0.2) is 4.39 Å². The zero-order chi connectivity index (χ0) is 25.8. The molecule has 2 amide bonds. The second-order valence-corrected chi connectivity index (χ2v) is 9.65. The topological polar surface area (TPSA) is 69.6 Å². The number of carbonyl (C=O) groups excluding carboxylic acids is 2. The van der Waals surface area contributed by atoms with E-state index < -0.39 is 5.82 Å². The van der Waals surface area contributed by atoms with Gasteiger partial charge in [0.1, 0.15) is 12.4 Å². The Morgan fingerprint density at radius 1 is 1.00 bits per heavy atom. The van der Waals surface area contributed by atoms with E-state index in [4.69, 9.17) is 23.2 Å². The lowest BCUT2D eigenvalue weighted by atomic mass is 10.1. The molecule has 0 spiro atoms. The van der Waals surface area contributed by atoms with Crippen LogP contribution in [0.15, 0.2) is 54.6 Å². The summed E-state index contributed by atoms with van der Waals surface area (Å²) in [7, 11) is 0. The number of piperazine rings is 1. The van der Waals surface area contributed by atoms with Gasteiger partial charge in [0, 0.05) is 48.4 Å². The summed E-state index contributed by atoms with van der Waals surface area (Å²) in [6.07, 6.45) is 0. The van der Waals surface area contributed by atoms with Gasteiger partial charge in [-0.1, -0.05) is 29.3 Å². The molecule has 1 saturated heterocycles. The van der Waals surface area contributed by atoms with Crippen molar-refractivity contribution in [1.82, 2.24) is 20.0 Å². The van der Waals surface area contributed by atoms with E-state index in [1.165, 1.54) is 23.1 Å². The van der Waals surface area contributed by atoms with Crippen LogP contribution < -0.4 is 4.90 Å². The number of anilines is 1. The van der Waals surface area contributed by atoms with Gasteiger partial charge in [-0.2, -0.15) is 0 Å². The SMILES string of the molecule is CC(C)N(CC(=O)N1CCN(c2ccc(-c3ccc(Cl)cc3Cl)nn2)CC1)C(=O)c1cccc(F)c1. The summed E-state index contributed by atoms with van der Waals surface area (Å²) in [4.78, 5) is 31.2. The third kappa shape index (κ3) is 5.94. The predicted octanol–water partition coefficient (Wildman–Crippen LogP) is 4.79. The van der Waals surface area contributed by atoms with Gasteiger partial charge in [-0.05, 0) is 62.4 Å². The molecule has 0 atom stereocenters. The lowest BCUT2D eigenvalue weighted by Gasteiger charge is -2.36. The van der Waals surface area contributed by atoms with Crippen molar-refractivity contribution in [3.63, 3.8) is 0 Å². The van der Waals surface area contributed by atoms with Crippen LogP contribution in [-0.4, -0.2) is 70.6 Å². The Bertz CT molecular complexity index is 1250. The summed E-state index contributed by atoms with van der Waals surface area (Å²) < 4.78 is 13.6. The van der Waals surface area contributed by atoms with Crippen LogP contribution in [0.5, 0.6) is 0 Å². The Labute approximate surface area is 219 Å². The molecule has 10 heteroatoms. The Hall–Kier alpha value is -3.23. The highest BCUT2D eigenvalue weighted by Gasteiger charge is 2.27. The fraction of sp³-hybridized carbons (Fsp3) is 0.308. The molecule has 1 fully saturated rings. The van der Waals surface area contributed by atoms with Crippen LogP contribution in [-0.2, 0) is 4.79 Å². The third-order valence-electron chi connectivity index (χ3n) is 6.08. The van der Waals surface area contributed by atoms with Gasteiger partial charge in [-0.3, -0.25) is 9.59 Å². The van der Waals surface area contributed by atoms with Gasteiger partial charge in [0.05, 0.1) is 10.7 Å². The highest BCUT2D eigenvalue weighted by Crippen LogP contribution is 2.29. The molecule has 0 aliphatic carbocycles. The van der Waals surface area contributed by atoms with E-state index >= 15 is 0 Å². The highest BCUT2D eigenvalue weighted by molar-refractivity contribution is 6.36. The van der Waals surface area contributed by atoms with Crippen LogP contribution in [0.4, 0.5) is 10.2 Å². The van der Waals surface area contributed by atoms with Crippen LogP contribution in [0.25, 0.3) is 11.3 Å². The van der Waals surface area contributed by atoms with Gasteiger partial charge in [0.2, 0.25) is 5.91 Å². The zero-order valence-corrected chi connectivity index (χ0v) is 21.5. The van der Waals surface area contributed by atoms with Crippen molar-refractivity contribution >= 4 is 40.8 Å². The maximum absolute atomic E-state index is 13.6. The minimum absolute atomic E-state index is 0.0661. The van der Waals surface area contributed by atoms with Gasteiger partial charge in [-0.15, -0.1) is 10.2 Å². The first-order valence-electron chi connectivity index (χ1n) is 11.6. The zero-order valence-electron chi connectivity index (χ0n) is 20.0. The number of hydrogen-bond donors (Lipinski definition) is 0. The molecule has 0 radical (unpaired) electrons. The van der Waals surface area contributed by atoms with Crippen molar-refractivity contribution < 1.29 is 14.0 Å². The first-order valence-corrected chi connectivity index (χ1v) is 12.4. The van der Waals surface area contributed by atoms with Crippen molar-refractivity contribution in [3.8, 4) is 11.3 Å². The highest BCUT2D eigenvalue weighted by atomic mass is 35.5. The molecule has 0 unspecified atom stereocenters. The summed E-state index contributed by atoms with van der Waals surface area (Å²) in [5, 5.41) is 9.71. The van der Waals surface area contributed by atoms with Crippen LogP contribution in [0.2, 0.25) is 10.0 Å². The molecule has 3 aromatic rings. The molecule has 2 heterocycles. The van der Waals surface area contributed by atoms with Crippen molar-refractivity contribution in [2.75, 3.05) is 37.6 Å². The van der Waals surface area contributed by atoms with E-state index in [0.29, 0.717) is 47.7 Å². The van der Waals surface area contributed by atoms with E-state index in [0.717, 1.165) is 5.56 Å². The number of hydrogen-bond acceptors (Lipinski definition) is 5. The summed E-state index contributed by atoms with van der Waals surface area (Å²) in [5.41, 5.74) is 1.62. The third-order valence-corrected chi connectivity index (χ3v) is 6.62. The molecule has 188 valence electrons. The van der Waals surface area contributed by atoms with Gasteiger partial charge >= 0.3 is 0 Å². The Morgan fingerprint density at radius 2 is 1.75 bits per heavy atom. The Morgan fingerprint density at radius 3 is 2.36 bits per heavy atom. The summed E-state index contributed by atoms with van der Waals surface area (Å²) >= 11 is 12.2. The van der Waals surface area contributed by atoms with Crippen LogP contribution in [0.3, 0.4) is 0 Å². The van der Waals surface area contributed by atoms with E-state index in [1.54, 1.807) is 29.2 Å². The monoisotopic (exact) mass is 529 g/mol. The number of carbonyl (C=O) groups is 2. The van der Waals surface area contributed by atoms with Gasteiger partial charge in [0.25, 0.3) is 5.91 Å². The summed E-state index contributed by atoms with van der Waals surface area (Å²) in [6, 6.07) is 14.2. The number of amides is 2. The number of halogens is 3. The molecule has 1 aliphatic rings. The molecule has 0 saturated carbocycles. The molecule has 1 aliphatic heterocycles. The molecular weight excluding hydrogens is 504 g/mol. The second kappa shape index (κ2) is 11.2. The Kier molecular flexibility index (Phi) is 8.06. The molecule has 0 N–H and O–H groups in total. The van der Waals surface area contributed by atoms with Crippen molar-refractivity contribution in [1.29, 1.82) is 0 Å². The molecule has 36 heavy (non-hydrogen) atoms. The van der Waals surface area contributed by atoms with E-state index in [9.17, 15) is 14.0 Å². The van der Waals surface area contributed by atoms with Crippen LogP contribution >= 0.6 is 23.2 Å². The Balaban J connectivity index is 1.36. The molecule has 1 aromatic heterocycles. The summed E-state index contributed by atoms with van der Waals surface area (Å²) in [6.45, 7) is 5.76. The largest absolute Gasteiger partial charge is 0.352 e. The minimum atomic E-state index is -0.487. The fourth-order valence-electron chi connectivity index (χ4n) is 4.04. The van der Waals surface area contributed by atoms with Gasteiger partial charge < -0.3 is 14.7 Å². The van der Waals surface area contributed by atoms with E-state index in [1.807, 2.05) is 26.0 Å². The predicted molar refractivity (Wildman–Crippen MR) is 139 cm³/mol. The molecular formula is C26H26Cl2FN5O2. The lowest BCUT2D eigenvalue weighted by molar-refractivity contribution is -0.132. The first-order chi connectivity index (χ1) is 17.2. The maximum Gasteiger partial charge on any atom is 0.254 e. The number of rotatable bonds is 6. The van der Waals surface area contributed by atoms with E-state index in [2.05, 4.69) is 15.1 Å². The smallest absolute Gasteiger partial charge is 0.254 e. The van der Waals surface area contributed by atoms with Crippen molar-refractivity contribution in [3.05, 3.63) is 76.0 Å². The minimum Gasteiger partial charge on any atom is -0.352 e. The summed E-state index contributed by atoms with van der Waals surface area (Å²) in [5.74, 6) is -0.292. The van der Waals surface area contributed by atoms with Crippen molar-refractivity contribution in [2.45, 2.75) is 19.9 Å². The van der Waals surface area contributed by atoms with E-state index in [-0.39, 0.29) is 30.0 Å². The average molecular weight is 530 g/mol. The lowest BCUT2D eigenvalue weighted by Crippen LogP contribution is -2.53. The van der Waals surface area contributed by atoms with Crippen LogP contribution in [0.1, 0.15) is 24.2 Å². The standard InChI is InChI=1S/C26H26Cl2FN5O2/c1-17(2)34(26(36)18-4-3-5-20(29)14-18)16-25(35)33-12-10-32(11-13-33)24-9-8-23(30-31-24)21-7-6-19(27)15-22(21)28/h3-9,14-15,17H,10-13,16H2,1-2H3. The molecule has 2 aromatic carbocycles. The average Bonchev–Trinajstić information content (AvgIpc) is 2.87. The fourth-order valence-corrected chi connectivity index (χ4v) is 4.55. The first kappa shape index (κ1) is 25.9.